The summed E-state index contributed by atoms with van der Waals surface area (Å²) < 4.78 is 0. The Bertz CT molecular complexity index is 689. The fraction of sp³-hybridized carbons (Fsp3) is 0.333. The number of rotatable bonds is 9. The van der Waals surface area contributed by atoms with Crippen molar-refractivity contribution in [3.05, 3.63) is 71.8 Å². The van der Waals surface area contributed by atoms with Gasteiger partial charge in [-0.15, -0.1) is 0 Å². The normalized spacial score (nSPS) is 11.6. The number of carbonyl (C=O) groups excluding carboxylic acids is 2. The Balaban J connectivity index is 2.38. The lowest BCUT2D eigenvalue weighted by Gasteiger charge is -2.31. The van der Waals surface area contributed by atoms with Crippen LogP contribution in [-0.2, 0) is 16.1 Å². The van der Waals surface area contributed by atoms with E-state index in [0.29, 0.717) is 19.4 Å². The lowest BCUT2D eigenvalue weighted by Crippen LogP contribution is -2.44. The van der Waals surface area contributed by atoms with Crippen LogP contribution in [0.2, 0.25) is 0 Å². The molecule has 2 amide bonds. The Labute approximate surface area is 154 Å². The third-order valence-electron chi connectivity index (χ3n) is 4.07. The van der Waals surface area contributed by atoms with Gasteiger partial charge in [-0.2, -0.15) is 0 Å². The molecule has 2 aromatic carbocycles. The highest BCUT2D eigenvalue weighted by atomic mass is 16.3. The number of aliphatic hydroxyl groups excluding tert-OH is 1. The fourth-order valence-corrected chi connectivity index (χ4v) is 2.85. The molecule has 5 nitrogen and oxygen atoms in total. The van der Waals surface area contributed by atoms with Gasteiger partial charge >= 0.3 is 0 Å². The number of carbonyl (C=O) groups is 2. The molecule has 0 aliphatic heterocycles. The van der Waals surface area contributed by atoms with Crippen LogP contribution in [-0.4, -0.2) is 35.0 Å². The van der Waals surface area contributed by atoms with Gasteiger partial charge in [-0.05, 0) is 17.5 Å². The Kier molecular flexibility index (Phi) is 7.83. The van der Waals surface area contributed by atoms with Crippen molar-refractivity contribution in [3.63, 3.8) is 0 Å². The molecule has 2 rings (SSSR count). The van der Waals surface area contributed by atoms with E-state index in [4.69, 9.17) is 5.11 Å². The zero-order valence-electron chi connectivity index (χ0n) is 15.1. The topological polar surface area (TPSA) is 69.6 Å². The fourth-order valence-electron chi connectivity index (χ4n) is 2.85. The third-order valence-corrected chi connectivity index (χ3v) is 4.07. The predicted octanol–water partition coefficient (Wildman–Crippen LogP) is 2.67. The minimum atomic E-state index is -0.734. The molecule has 0 unspecified atom stereocenters. The average Bonchev–Trinajstić information content (AvgIpc) is 2.67. The van der Waals surface area contributed by atoms with Crippen LogP contribution in [0.15, 0.2) is 60.7 Å². The quantitative estimate of drug-likeness (QED) is 0.727. The Morgan fingerprint density at radius 1 is 1.04 bits per heavy atom. The van der Waals surface area contributed by atoms with Crippen LogP contribution in [0, 0.1) is 0 Å². The van der Waals surface area contributed by atoms with E-state index in [2.05, 4.69) is 5.32 Å². The number of hydrogen-bond acceptors (Lipinski definition) is 3. The van der Waals surface area contributed by atoms with Gasteiger partial charge in [0.1, 0.15) is 6.04 Å². The van der Waals surface area contributed by atoms with Gasteiger partial charge < -0.3 is 15.3 Å². The van der Waals surface area contributed by atoms with Crippen LogP contribution in [0.5, 0.6) is 0 Å². The van der Waals surface area contributed by atoms with Gasteiger partial charge in [0.15, 0.2) is 0 Å². The summed E-state index contributed by atoms with van der Waals surface area (Å²) in [5, 5.41) is 11.8. The highest BCUT2D eigenvalue weighted by molar-refractivity contribution is 5.88. The summed E-state index contributed by atoms with van der Waals surface area (Å²) in [5.74, 6) is -0.352. The van der Waals surface area contributed by atoms with E-state index in [-0.39, 0.29) is 25.0 Å². The van der Waals surface area contributed by atoms with Gasteiger partial charge in [-0.25, -0.2) is 0 Å². The molecule has 2 aromatic rings. The van der Waals surface area contributed by atoms with Gasteiger partial charge in [0.05, 0.1) is 6.61 Å². The summed E-state index contributed by atoms with van der Waals surface area (Å²) in [4.78, 5) is 27.3. The molecule has 0 aliphatic rings. The summed E-state index contributed by atoms with van der Waals surface area (Å²) in [6.07, 6.45) is 1.09. The van der Waals surface area contributed by atoms with E-state index in [1.165, 1.54) is 0 Å². The van der Waals surface area contributed by atoms with Gasteiger partial charge in [0.2, 0.25) is 11.8 Å². The molecule has 0 heterocycles. The molecule has 0 radical (unpaired) electrons. The summed E-state index contributed by atoms with van der Waals surface area (Å²) in [7, 11) is 0. The molecular formula is C21H26N2O3. The lowest BCUT2D eigenvalue weighted by atomic mass is 10.0. The van der Waals surface area contributed by atoms with Crippen molar-refractivity contribution in [1.29, 1.82) is 0 Å². The lowest BCUT2D eigenvalue weighted by molar-refractivity contribution is -0.141. The number of amides is 2. The van der Waals surface area contributed by atoms with Crippen LogP contribution >= 0.6 is 0 Å². The first kappa shape index (κ1) is 19.7. The van der Waals surface area contributed by atoms with Crippen LogP contribution in [0.3, 0.4) is 0 Å². The second-order valence-electron chi connectivity index (χ2n) is 6.09. The Morgan fingerprint density at radius 2 is 1.65 bits per heavy atom. The van der Waals surface area contributed by atoms with Gasteiger partial charge in [-0.3, -0.25) is 9.59 Å². The molecule has 1 atom stereocenters. The van der Waals surface area contributed by atoms with E-state index in [0.717, 1.165) is 11.1 Å². The van der Waals surface area contributed by atoms with Crippen molar-refractivity contribution in [2.75, 3.05) is 13.2 Å². The highest BCUT2D eigenvalue weighted by Crippen LogP contribution is 2.24. The average molecular weight is 354 g/mol. The van der Waals surface area contributed by atoms with E-state index in [1.54, 1.807) is 4.90 Å². The molecule has 5 heteroatoms. The molecule has 0 saturated carbocycles. The Hall–Kier alpha value is -2.66. The number of hydrogen-bond donors (Lipinski definition) is 2. The van der Waals surface area contributed by atoms with Gasteiger partial charge in [0.25, 0.3) is 0 Å². The minimum absolute atomic E-state index is 0.0654. The maximum atomic E-state index is 12.8. The molecule has 0 aliphatic carbocycles. The maximum Gasteiger partial charge on any atom is 0.247 e. The second-order valence-corrected chi connectivity index (χ2v) is 6.09. The number of benzene rings is 2. The number of nitrogens with zero attached hydrogens (tertiary/aromatic N) is 1. The molecule has 0 fully saturated rings. The van der Waals surface area contributed by atoms with Crippen molar-refractivity contribution in [1.82, 2.24) is 10.2 Å². The number of aliphatic hydroxyl groups is 1. The van der Waals surface area contributed by atoms with E-state index >= 15 is 0 Å². The van der Waals surface area contributed by atoms with Crippen molar-refractivity contribution >= 4 is 11.8 Å². The number of nitrogens with one attached hydrogen (secondary N) is 1. The third kappa shape index (κ3) is 5.43. The molecule has 0 bridgehead atoms. The zero-order chi connectivity index (χ0) is 18.8. The summed E-state index contributed by atoms with van der Waals surface area (Å²) in [6.45, 7) is 2.31. The second kappa shape index (κ2) is 10.4. The molecule has 138 valence electrons. The van der Waals surface area contributed by atoms with Crippen molar-refractivity contribution < 1.29 is 14.7 Å². The van der Waals surface area contributed by atoms with Crippen LogP contribution in [0.25, 0.3) is 0 Å². The molecule has 0 saturated heterocycles. The summed E-state index contributed by atoms with van der Waals surface area (Å²) >= 11 is 0. The van der Waals surface area contributed by atoms with Gasteiger partial charge in [0, 0.05) is 19.5 Å². The first-order chi connectivity index (χ1) is 12.7. The van der Waals surface area contributed by atoms with Crippen molar-refractivity contribution in [2.45, 2.75) is 32.4 Å². The van der Waals surface area contributed by atoms with E-state index in [1.807, 2.05) is 67.6 Å². The molecule has 2 N–H and O–H groups in total. The smallest absolute Gasteiger partial charge is 0.247 e. The largest absolute Gasteiger partial charge is 0.395 e. The van der Waals surface area contributed by atoms with Crippen LogP contribution in [0.4, 0.5) is 0 Å². The monoisotopic (exact) mass is 354 g/mol. The van der Waals surface area contributed by atoms with E-state index in [9.17, 15) is 9.59 Å². The first-order valence-electron chi connectivity index (χ1n) is 8.94. The molecule has 26 heavy (non-hydrogen) atoms. The minimum Gasteiger partial charge on any atom is -0.395 e. The summed E-state index contributed by atoms with van der Waals surface area (Å²) in [6, 6.07) is 18.2. The predicted molar refractivity (Wildman–Crippen MR) is 101 cm³/mol. The van der Waals surface area contributed by atoms with Crippen molar-refractivity contribution in [2.24, 2.45) is 0 Å². The molecule has 0 spiro atoms. The van der Waals surface area contributed by atoms with E-state index < -0.39 is 6.04 Å². The summed E-state index contributed by atoms with van der Waals surface area (Å²) in [5.41, 5.74) is 1.72. The zero-order valence-corrected chi connectivity index (χ0v) is 15.1. The van der Waals surface area contributed by atoms with Crippen molar-refractivity contribution in [3.8, 4) is 0 Å². The molecular weight excluding hydrogens is 328 g/mol. The standard InChI is InChI=1S/C21H26N2O3/c1-2-9-19(25)23(16-17-10-5-3-6-11-17)20(21(26)22-14-15-24)18-12-7-4-8-13-18/h3-8,10-13,20,24H,2,9,14-16H2,1H3,(H,22,26)/t20-/m0/s1. The SMILES string of the molecule is CCCC(=O)N(Cc1ccccc1)[C@H](C(=O)NCCO)c1ccccc1. The maximum absolute atomic E-state index is 12.8. The highest BCUT2D eigenvalue weighted by Gasteiger charge is 2.30. The van der Waals surface area contributed by atoms with Gasteiger partial charge in [-0.1, -0.05) is 67.6 Å². The first-order valence-corrected chi connectivity index (χ1v) is 8.94. The Morgan fingerprint density at radius 3 is 2.23 bits per heavy atom. The van der Waals surface area contributed by atoms with Crippen LogP contribution in [0.1, 0.15) is 36.9 Å². The van der Waals surface area contributed by atoms with Crippen LogP contribution < -0.4 is 5.32 Å². The molecule has 0 aromatic heterocycles.